The largest absolute Gasteiger partial charge is 0.356 e. The standard InChI is InChI=1S/C24H48N2O2/c1-23(2,3)17-10-8-7-9-12-19-25-21(27)15-14-16-22(28)26-20-13-11-18-24(4,5)6/h7-20H2,1-6H3,(H,25,27)(H,26,28). The molecule has 0 atom stereocenters. The molecule has 0 spiro atoms. The summed E-state index contributed by atoms with van der Waals surface area (Å²) in [6.07, 6.45) is 12.2. The molecule has 2 amide bonds. The van der Waals surface area contributed by atoms with Crippen LogP contribution in [0.2, 0.25) is 0 Å². The first-order chi connectivity index (χ1) is 13.0. The van der Waals surface area contributed by atoms with E-state index in [1.165, 1.54) is 38.5 Å². The number of nitrogens with one attached hydrogen (secondary N) is 2. The number of carbonyl (C=O) groups is 2. The van der Waals surface area contributed by atoms with Crippen LogP contribution in [0, 0.1) is 10.8 Å². The van der Waals surface area contributed by atoms with Crippen LogP contribution in [0.4, 0.5) is 0 Å². The van der Waals surface area contributed by atoms with Crippen molar-refractivity contribution in [3.8, 4) is 0 Å². The third-order valence-electron chi connectivity index (χ3n) is 4.91. The molecule has 0 aromatic carbocycles. The first-order valence-electron chi connectivity index (χ1n) is 11.5. The molecule has 0 heterocycles. The van der Waals surface area contributed by atoms with E-state index in [4.69, 9.17) is 0 Å². The van der Waals surface area contributed by atoms with Crippen LogP contribution in [-0.4, -0.2) is 24.9 Å². The van der Waals surface area contributed by atoms with Gasteiger partial charge in [0.2, 0.25) is 11.8 Å². The third-order valence-corrected chi connectivity index (χ3v) is 4.91. The molecule has 0 aliphatic carbocycles. The van der Waals surface area contributed by atoms with Crippen molar-refractivity contribution in [1.82, 2.24) is 10.6 Å². The average molecular weight is 397 g/mol. The van der Waals surface area contributed by atoms with Crippen LogP contribution in [0.1, 0.15) is 119 Å². The molecule has 0 rings (SSSR count). The fraction of sp³-hybridized carbons (Fsp3) is 0.917. The van der Waals surface area contributed by atoms with Gasteiger partial charge in [0.15, 0.2) is 0 Å². The summed E-state index contributed by atoms with van der Waals surface area (Å²) in [7, 11) is 0. The van der Waals surface area contributed by atoms with Gasteiger partial charge in [-0.1, -0.05) is 73.6 Å². The summed E-state index contributed by atoms with van der Waals surface area (Å²) in [4.78, 5) is 23.6. The first-order valence-corrected chi connectivity index (χ1v) is 11.5. The smallest absolute Gasteiger partial charge is 0.220 e. The Morgan fingerprint density at radius 2 is 0.893 bits per heavy atom. The van der Waals surface area contributed by atoms with Crippen molar-refractivity contribution in [2.45, 2.75) is 119 Å². The Balaban J connectivity index is 3.44. The Labute approximate surface area is 175 Å². The van der Waals surface area contributed by atoms with E-state index >= 15 is 0 Å². The monoisotopic (exact) mass is 396 g/mol. The quantitative estimate of drug-likeness (QED) is 0.334. The minimum absolute atomic E-state index is 0.0683. The maximum absolute atomic E-state index is 11.8. The average Bonchev–Trinajstić information content (AvgIpc) is 2.55. The van der Waals surface area contributed by atoms with Gasteiger partial charge in [0.05, 0.1) is 0 Å². The number of unbranched alkanes of at least 4 members (excludes halogenated alkanes) is 5. The fourth-order valence-electron chi connectivity index (χ4n) is 3.13. The third kappa shape index (κ3) is 21.2. The van der Waals surface area contributed by atoms with E-state index in [9.17, 15) is 9.59 Å². The van der Waals surface area contributed by atoms with Gasteiger partial charge >= 0.3 is 0 Å². The topological polar surface area (TPSA) is 58.2 Å². The molecule has 0 saturated carbocycles. The van der Waals surface area contributed by atoms with Crippen molar-refractivity contribution in [3.05, 3.63) is 0 Å². The van der Waals surface area contributed by atoms with Gasteiger partial charge in [-0.05, 0) is 42.9 Å². The summed E-state index contributed by atoms with van der Waals surface area (Å²) in [5.41, 5.74) is 0.806. The van der Waals surface area contributed by atoms with Crippen molar-refractivity contribution < 1.29 is 9.59 Å². The highest BCUT2D eigenvalue weighted by atomic mass is 16.2. The van der Waals surface area contributed by atoms with Crippen LogP contribution in [0.5, 0.6) is 0 Å². The Morgan fingerprint density at radius 3 is 1.36 bits per heavy atom. The van der Waals surface area contributed by atoms with Crippen molar-refractivity contribution in [2.75, 3.05) is 13.1 Å². The van der Waals surface area contributed by atoms with Gasteiger partial charge in [-0.15, -0.1) is 0 Å². The summed E-state index contributed by atoms with van der Waals surface area (Å²) in [6.45, 7) is 15.1. The normalized spacial score (nSPS) is 12.1. The lowest BCUT2D eigenvalue weighted by Gasteiger charge is -2.17. The van der Waals surface area contributed by atoms with Crippen LogP contribution >= 0.6 is 0 Å². The summed E-state index contributed by atoms with van der Waals surface area (Å²) < 4.78 is 0. The first kappa shape index (κ1) is 26.9. The van der Waals surface area contributed by atoms with Crippen LogP contribution in [-0.2, 0) is 9.59 Å². The van der Waals surface area contributed by atoms with E-state index in [1.807, 2.05) is 0 Å². The molecule has 2 N–H and O–H groups in total. The molecule has 4 heteroatoms. The molecule has 0 bridgehead atoms. The van der Waals surface area contributed by atoms with E-state index in [0.29, 0.717) is 30.1 Å². The molecular weight excluding hydrogens is 348 g/mol. The van der Waals surface area contributed by atoms with E-state index in [1.54, 1.807) is 0 Å². The molecule has 28 heavy (non-hydrogen) atoms. The molecule has 0 saturated heterocycles. The molecule has 166 valence electrons. The molecule has 0 aromatic rings. The number of hydrogen-bond donors (Lipinski definition) is 2. The van der Waals surface area contributed by atoms with Crippen molar-refractivity contribution >= 4 is 11.8 Å². The molecule has 0 radical (unpaired) electrons. The lowest BCUT2D eigenvalue weighted by Crippen LogP contribution is -2.26. The predicted molar refractivity (Wildman–Crippen MR) is 120 cm³/mol. The molecule has 0 aliphatic heterocycles. The Kier molecular flexibility index (Phi) is 14.3. The van der Waals surface area contributed by atoms with Gasteiger partial charge in [0.1, 0.15) is 0 Å². The predicted octanol–water partition coefficient (Wildman–Crippen LogP) is 5.99. The highest BCUT2D eigenvalue weighted by Crippen LogP contribution is 2.22. The van der Waals surface area contributed by atoms with Crippen LogP contribution in [0.25, 0.3) is 0 Å². The van der Waals surface area contributed by atoms with Gasteiger partial charge in [-0.3, -0.25) is 9.59 Å². The summed E-state index contributed by atoms with van der Waals surface area (Å²) >= 11 is 0. The summed E-state index contributed by atoms with van der Waals surface area (Å²) in [5, 5.41) is 5.93. The minimum Gasteiger partial charge on any atom is -0.356 e. The lowest BCUT2D eigenvalue weighted by molar-refractivity contribution is -0.122. The Hall–Kier alpha value is -1.06. The van der Waals surface area contributed by atoms with E-state index in [2.05, 4.69) is 52.2 Å². The minimum atomic E-state index is 0.0683. The summed E-state index contributed by atoms with van der Waals surface area (Å²) in [5.74, 6) is 0.143. The van der Waals surface area contributed by atoms with Crippen LogP contribution in [0.15, 0.2) is 0 Å². The number of carbonyl (C=O) groups excluding carboxylic acids is 2. The number of amides is 2. The maximum atomic E-state index is 11.8. The number of rotatable bonds is 15. The zero-order chi connectivity index (χ0) is 21.5. The molecular formula is C24H48N2O2. The van der Waals surface area contributed by atoms with Crippen molar-refractivity contribution in [1.29, 1.82) is 0 Å². The highest BCUT2D eigenvalue weighted by Gasteiger charge is 2.10. The second-order valence-electron chi connectivity index (χ2n) is 10.6. The summed E-state index contributed by atoms with van der Waals surface area (Å²) in [6, 6.07) is 0. The van der Waals surface area contributed by atoms with E-state index in [0.717, 1.165) is 32.4 Å². The molecule has 0 aliphatic rings. The molecule has 0 fully saturated rings. The highest BCUT2D eigenvalue weighted by molar-refractivity contribution is 5.78. The molecule has 0 aromatic heterocycles. The number of hydrogen-bond acceptors (Lipinski definition) is 2. The molecule has 4 nitrogen and oxygen atoms in total. The van der Waals surface area contributed by atoms with Gasteiger partial charge in [-0.2, -0.15) is 0 Å². The van der Waals surface area contributed by atoms with Gasteiger partial charge < -0.3 is 10.6 Å². The van der Waals surface area contributed by atoms with E-state index in [-0.39, 0.29) is 11.8 Å². The fourth-order valence-corrected chi connectivity index (χ4v) is 3.13. The zero-order valence-electron chi connectivity index (χ0n) is 19.7. The second-order valence-corrected chi connectivity index (χ2v) is 10.6. The van der Waals surface area contributed by atoms with Gasteiger partial charge in [0, 0.05) is 25.9 Å². The molecule has 0 unspecified atom stereocenters. The Morgan fingerprint density at radius 1 is 0.536 bits per heavy atom. The second kappa shape index (κ2) is 14.9. The maximum Gasteiger partial charge on any atom is 0.220 e. The van der Waals surface area contributed by atoms with Crippen molar-refractivity contribution in [3.63, 3.8) is 0 Å². The van der Waals surface area contributed by atoms with Crippen molar-refractivity contribution in [2.24, 2.45) is 10.8 Å². The Bertz CT molecular complexity index is 419. The zero-order valence-corrected chi connectivity index (χ0v) is 19.7. The van der Waals surface area contributed by atoms with Crippen LogP contribution in [0.3, 0.4) is 0 Å². The van der Waals surface area contributed by atoms with Gasteiger partial charge in [0.25, 0.3) is 0 Å². The van der Waals surface area contributed by atoms with E-state index < -0.39 is 0 Å². The van der Waals surface area contributed by atoms with Crippen LogP contribution < -0.4 is 10.6 Å². The lowest BCUT2D eigenvalue weighted by atomic mass is 9.89. The SMILES string of the molecule is CC(C)(C)CCCCCCCNC(=O)CCCC(=O)NCCCCC(C)(C)C. The van der Waals surface area contributed by atoms with Gasteiger partial charge in [-0.25, -0.2) is 0 Å².